The van der Waals surface area contributed by atoms with Gasteiger partial charge in [0.25, 0.3) is 5.91 Å². The number of nitrogens with zero attached hydrogens (tertiary/aromatic N) is 1. The molecular formula is C15H14ClFN2O. The molecular weight excluding hydrogens is 279 g/mol. The zero-order valence-corrected chi connectivity index (χ0v) is 11.7. The molecule has 0 aliphatic rings. The smallest absolute Gasteiger partial charge is 0.253 e. The van der Waals surface area contributed by atoms with Crippen molar-refractivity contribution in [3.63, 3.8) is 0 Å². The number of halogens is 2. The van der Waals surface area contributed by atoms with E-state index in [1.54, 1.807) is 6.07 Å². The summed E-state index contributed by atoms with van der Waals surface area (Å²) < 4.78 is 12.7. The van der Waals surface area contributed by atoms with Crippen LogP contribution in [0.1, 0.15) is 35.3 Å². The lowest BCUT2D eigenvalue weighted by molar-refractivity contribution is 0.0935. The van der Waals surface area contributed by atoms with E-state index in [9.17, 15) is 9.18 Å². The fraction of sp³-hybridized carbons (Fsp3) is 0.200. The van der Waals surface area contributed by atoms with Crippen LogP contribution in [0.5, 0.6) is 0 Å². The minimum Gasteiger partial charge on any atom is -0.345 e. The van der Waals surface area contributed by atoms with Gasteiger partial charge in [0, 0.05) is 11.2 Å². The highest BCUT2D eigenvalue weighted by molar-refractivity contribution is 6.30. The van der Waals surface area contributed by atoms with Gasteiger partial charge in [-0.1, -0.05) is 30.7 Å². The molecule has 1 atom stereocenters. The highest BCUT2D eigenvalue weighted by Gasteiger charge is 2.14. The van der Waals surface area contributed by atoms with Crippen molar-refractivity contribution in [2.75, 3.05) is 0 Å². The lowest BCUT2D eigenvalue weighted by Crippen LogP contribution is -2.28. The molecule has 2 rings (SSSR count). The second-order valence-corrected chi connectivity index (χ2v) is 4.80. The topological polar surface area (TPSA) is 42.0 Å². The van der Waals surface area contributed by atoms with Crippen molar-refractivity contribution in [2.45, 2.75) is 19.4 Å². The van der Waals surface area contributed by atoms with E-state index in [-0.39, 0.29) is 11.9 Å². The largest absolute Gasteiger partial charge is 0.345 e. The maximum atomic E-state index is 12.7. The molecule has 1 unspecified atom stereocenters. The van der Waals surface area contributed by atoms with E-state index in [4.69, 9.17) is 11.6 Å². The van der Waals surface area contributed by atoms with Crippen LogP contribution in [0.3, 0.4) is 0 Å². The third kappa shape index (κ3) is 3.54. The summed E-state index contributed by atoms with van der Waals surface area (Å²) in [6, 6.07) is 9.76. The Labute approximate surface area is 121 Å². The molecule has 104 valence electrons. The van der Waals surface area contributed by atoms with Gasteiger partial charge < -0.3 is 5.32 Å². The maximum Gasteiger partial charge on any atom is 0.253 e. The number of hydrogen-bond donors (Lipinski definition) is 1. The predicted molar refractivity (Wildman–Crippen MR) is 76.1 cm³/mol. The van der Waals surface area contributed by atoms with Crippen LogP contribution >= 0.6 is 11.6 Å². The van der Waals surface area contributed by atoms with Crippen molar-refractivity contribution in [1.82, 2.24) is 10.3 Å². The quantitative estimate of drug-likeness (QED) is 0.872. The van der Waals surface area contributed by atoms with E-state index in [0.717, 1.165) is 18.1 Å². The molecule has 0 aliphatic carbocycles. The average Bonchev–Trinajstić information content (AvgIpc) is 2.45. The fourth-order valence-corrected chi connectivity index (χ4v) is 2.09. The Kier molecular flexibility index (Phi) is 4.69. The molecule has 1 aromatic heterocycles. The number of benzene rings is 1. The summed E-state index contributed by atoms with van der Waals surface area (Å²) in [5.74, 6) is -0.896. The van der Waals surface area contributed by atoms with Crippen molar-refractivity contribution in [3.05, 3.63) is 64.7 Å². The molecule has 0 radical (unpaired) electrons. The van der Waals surface area contributed by atoms with Gasteiger partial charge in [0.2, 0.25) is 5.95 Å². The van der Waals surface area contributed by atoms with Crippen LogP contribution in [0.4, 0.5) is 4.39 Å². The van der Waals surface area contributed by atoms with Gasteiger partial charge >= 0.3 is 0 Å². The third-order valence-electron chi connectivity index (χ3n) is 2.95. The van der Waals surface area contributed by atoms with Gasteiger partial charge in [-0.15, -0.1) is 0 Å². The molecule has 1 amide bonds. The second-order valence-electron chi connectivity index (χ2n) is 4.36. The SMILES string of the molecule is CCC(NC(=O)c1ccc(F)nc1)c1cccc(Cl)c1. The standard InChI is InChI=1S/C15H14ClFN2O/c1-2-13(10-4-3-5-12(16)8-10)19-15(20)11-6-7-14(17)18-9-11/h3-9,13H,2H2,1H3,(H,19,20). The number of aromatic nitrogens is 1. The first-order valence-electron chi connectivity index (χ1n) is 6.28. The summed E-state index contributed by atoms with van der Waals surface area (Å²) in [7, 11) is 0. The van der Waals surface area contributed by atoms with Crippen LogP contribution in [0.2, 0.25) is 5.02 Å². The van der Waals surface area contributed by atoms with Gasteiger partial charge in [0.15, 0.2) is 0 Å². The Balaban J connectivity index is 2.14. The molecule has 3 nitrogen and oxygen atoms in total. The molecule has 20 heavy (non-hydrogen) atoms. The highest BCUT2D eigenvalue weighted by Crippen LogP contribution is 2.20. The summed E-state index contributed by atoms with van der Waals surface area (Å²) in [5, 5.41) is 3.51. The number of pyridine rings is 1. The Bertz CT molecular complexity index is 601. The lowest BCUT2D eigenvalue weighted by atomic mass is 10.0. The molecule has 0 fully saturated rings. The Morgan fingerprint density at radius 1 is 1.40 bits per heavy atom. The summed E-state index contributed by atoms with van der Waals surface area (Å²) in [4.78, 5) is 15.5. The molecule has 0 aliphatic heterocycles. The summed E-state index contributed by atoms with van der Waals surface area (Å²) in [6.07, 6.45) is 1.94. The first-order chi connectivity index (χ1) is 9.60. The van der Waals surface area contributed by atoms with E-state index in [0.29, 0.717) is 10.6 Å². The van der Waals surface area contributed by atoms with Gasteiger partial charge in [0.05, 0.1) is 11.6 Å². The zero-order valence-electron chi connectivity index (χ0n) is 10.9. The van der Waals surface area contributed by atoms with Gasteiger partial charge in [-0.2, -0.15) is 4.39 Å². The number of amides is 1. The second kappa shape index (κ2) is 6.48. The monoisotopic (exact) mass is 292 g/mol. The van der Waals surface area contributed by atoms with Crippen LogP contribution in [0.15, 0.2) is 42.6 Å². The molecule has 0 saturated heterocycles. The van der Waals surface area contributed by atoms with Gasteiger partial charge in [-0.25, -0.2) is 4.98 Å². The number of hydrogen-bond acceptors (Lipinski definition) is 2. The number of nitrogens with one attached hydrogen (secondary N) is 1. The molecule has 5 heteroatoms. The summed E-state index contributed by atoms with van der Waals surface area (Å²) in [6.45, 7) is 1.97. The van der Waals surface area contributed by atoms with Crippen molar-refractivity contribution in [3.8, 4) is 0 Å². The third-order valence-corrected chi connectivity index (χ3v) is 3.19. The van der Waals surface area contributed by atoms with Gasteiger partial charge in [0.1, 0.15) is 0 Å². The van der Waals surface area contributed by atoms with E-state index >= 15 is 0 Å². The van der Waals surface area contributed by atoms with Crippen LogP contribution in [0, 0.1) is 5.95 Å². The van der Waals surface area contributed by atoms with Crippen LogP contribution in [-0.4, -0.2) is 10.9 Å². The Morgan fingerprint density at radius 2 is 2.20 bits per heavy atom. The molecule has 0 spiro atoms. The average molecular weight is 293 g/mol. The van der Waals surface area contributed by atoms with E-state index in [1.807, 2.05) is 25.1 Å². The van der Waals surface area contributed by atoms with Crippen LogP contribution in [-0.2, 0) is 0 Å². The number of rotatable bonds is 4. The first-order valence-corrected chi connectivity index (χ1v) is 6.66. The number of carbonyl (C=O) groups is 1. The van der Waals surface area contributed by atoms with E-state index in [1.165, 1.54) is 12.3 Å². The molecule has 0 bridgehead atoms. The van der Waals surface area contributed by atoms with Crippen molar-refractivity contribution in [2.24, 2.45) is 0 Å². The molecule has 1 aromatic carbocycles. The van der Waals surface area contributed by atoms with Crippen molar-refractivity contribution >= 4 is 17.5 Å². The van der Waals surface area contributed by atoms with E-state index < -0.39 is 5.95 Å². The molecule has 2 aromatic rings. The minimum atomic E-state index is -0.608. The van der Waals surface area contributed by atoms with Crippen LogP contribution < -0.4 is 5.32 Å². The maximum absolute atomic E-state index is 12.7. The van der Waals surface area contributed by atoms with Gasteiger partial charge in [-0.3, -0.25) is 4.79 Å². The molecule has 0 saturated carbocycles. The van der Waals surface area contributed by atoms with E-state index in [2.05, 4.69) is 10.3 Å². The predicted octanol–water partition coefficient (Wildman–Crippen LogP) is 3.76. The van der Waals surface area contributed by atoms with Crippen molar-refractivity contribution < 1.29 is 9.18 Å². The van der Waals surface area contributed by atoms with Crippen molar-refractivity contribution in [1.29, 1.82) is 0 Å². The minimum absolute atomic E-state index is 0.147. The summed E-state index contributed by atoms with van der Waals surface area (Å²) in [5.41, 5.74) is 1.26. The van der Waals surface area contributed by atoms with Gasteiger partial charge in [-0.05, 0) is 36.2 Å². The normalized spacial score (nSPS) is 11.9. The fourth-order valence-electron chi connectivity index (χ4n) is 1.90. The lowest BCUT2D eigenvalue weighted by Gasteiger charge is -2.17. The number of carbonyl (C=O) groups excluding carboxylic acids is 1. The molecule has 1 heterocycles. The molecule has 1 N–H and O–H groups in total. The Hall–Kier alpha value is -1.94. The zero-order chi connectivity index (χ0) is 14.5. The first kappa shape index (κ1) is 14.5. The Morgan fingerprint density at radius 3 is 2.80 bits per heavy atom. The highest BCUT2D eigenvalue weighted by atomic mass is 35.5. The summed E-state index contributed by atoms with van der Waals surface area (Å²) >= 11 is 5.95. The van der Waals surface area contributed by atoms with Crippen LogP contribution in [0.25, 0.3) is 0 Å².